The zero-order valence-corrected chi connectivity index (χ0v) is 17.0. The lowest BCUT2D eigenvalue weighted by Crippen LogP contribution is -2.41. The average Bonchev–Trinajstić information content (AvgIpc) is 2.70. The van der Waals surface area contributed by atoms with Crippen molar-refractivity contribution in [3.05, 3.63) is 58.3 Å². The molecule has 9 heteroatoms. The standard InChI is InChI=1S/C19H16BrFN2O4S/c20-15-5-6-17(16(21)11-15)27-19(24)13-7-9-23(10-8-13)28(25,26)18-4-2-1-3-14(18)12-22/h1-6,11,13H,7-10H2. The molecule has 0 aromatic heterocycles. The van der Waals surface area contributed by atoms with Crippen molar-refractivity contribution in [2.24, 2.45) is 5.92 Å². The number of rotatable bonds is 4. The second kappa shape index (κ2) is 8.39. The van der Waals surface area contributed by atoms with Gasteiger partial charge in [0.05, 0.1) is 16.4 Å². The van der Waals surface area contributed by atoms with Crippen LogP contribution < -0.4 is 4.74 Å². The maximum absolute atomic E-state index is 13.8. The van der Waals surface area contributed by atoms with Gasteiger partial charge in [-0.05, 0) is 43.2 Å². The molecule has 0 amide bonds. The minimum absolute atomic E-state index is 0.0459. The molecule has 28 heavy (non-hydrogen) atoms. The van der Waals surface area contributed by atoms with Gasteiger partial charge in [0.25, 0.3) is 0 Å². The highest BCUT2D eigenvalue weighted by Gasteiger charge is 2.34. The van der Waals surface area contributed by atoms with Crippen molar-refractivity contribution in [3.63, 3.8) is 0 Å². The van der Waals surface area contributed by atoms with Crippen LogP contribution in [0.2, 0.25) is 0 Å². The zero-order chi connectivity index (χ0) is 20.3. The Morgan fingerprint density at radius 2 is 1.89 bits per heavy atom. The lowest BCUT2D eigenvalue weighted by atomic mass is 9.98. The molecule has 0 aliphatic carbocycles. The summed E-state index contributed by atoms with van der Waals surface area (Å²) in [7, 11) is -3.83. The van der Waals surface area contributed by atoms with E-state index in [0.29, 0.717) is 4.47 Å². The summed E-state index contributed by atoms with van der Waals surface area (Å²) in [5, 5.41) is 9.15. The topological polar surface area (TPSA) is 87.5 Å². The number of piperidine rings is 1. The first-order valence-electron chi connectivity index (χ1n) is 8.49. The highest BCUT2D eigenvalue weighted by atomic mass is 79.9. The van der Waals surface area contributed by atoms with Gasteiger partial charge in [-0.1, -0.05) is 28.1 Å². The number of nitriles is 1. The van der Waals surface area contributed by atoms with Gasteiger partial charge in [-0.3, -0.25) is 4.79 Å². The molecule has 0 spiro atoms. The van der Waals surface area contributed by atoms with Gasteiger partial charge in [-0.15, -0.1) is 0 Å². The normalized spacial score (nSPS) is 15.8. The lowest BCUT2D eigenvalue weighted by molar-refractivity contribution is -0.140. The number of halogens is 2. The summed E-state index contributed by atoms with van der Waals surface area (Å²) in [6.45, 7) is 0.232. The van der Waals surface area contributed by atoms with E-state index < -0.39 is 27.7 Å². The quantitative estimate of drug-likeness (QED) is 0.508. The molecule has 2 aromatic carbocycles. The maximum Gasteiger partial charge on any atom is 0.314 e. The monoisotopic (exact) mass is 466 g/mol. The first kappa shape index (κ1) is 20.5. The van der Waals surface area contributed by atoms with Gasteiger partial charge >= 0.3 is 5.97 Å². The largest absolute Gasteiger partial charge is 0.423 e. The molecule has 1 fully saturated rings. The SMILES string of the molecule is N#Cc1ccccc1S(=O)(=O)N1CCC(C(=O)Oc2ccc(Br)cc2F)CC1. The van der Waals surface area contributed by atoms with Crippen molar-refractivity contribution in [3.8, 4) is 11.8 Å². The van der Waals surface area contributed by atoms with E-state index in [1.165, 1.54) is 28.6 Å². The van der Waals surface area contributed by atoms with Crippen LogP contribution in [0, 0.1) is 23.1 Å². The summed E-state index contributed by atoms with van der Waals surface area (Å²) < 4.78 is 46.4. The highest BCUT2D eigenvalue weighted by molar-refractivity contribution is 9.10. The fourth-order valence-electron chi connectivity index (χ4n) is 3.00. The molecule has 0 saturated carbocycles. The molecule has 0 radical (unpaired) electrons. The van der Waals surface area contributed by atoms with Crippen LogP contribution in [0.3, 0.4) is 0 Å². The van der Waals surface area contributed by atoms with Crippen molar-refractivity contribution < 1.29 is 22.3 Å². The Hall–Kier alpha value is -2.28. The van der Waals surface area contributed by atoms with Gasteiger partial charge in [0.2, 0.25) is 10.0 Å². The number of hydrogen-bond donors (Lipinski definition) is 0. The van der Waals surface area contributed by atoms with Gasteiger partial charge < -0.3 is 4.74 Å². The van der Waals surface area contributed by atoms with Crippen LogP contribution in [0.25, 0.3) is 0 Å². The Bertz CT molecular complexity index is 1040. The molecule has 0 bridgehead atoms. The number of sulfonamides is 1. The molecule has 0 unspecified atom stereocenters. The molecule has 1 heterocycles. The van der Waals surface area contributed by atoms with Crippen molar-refractivity contribution in [2.45, 2.75) is 17.7 Å². The Morgan fingerprint density at radius 3 is 2.54 bits per heavy atom. The van der Waals surface area contributed by atoms with Crippen LogP contribution in [-0.4, -0.2) is 31.8 Å². The van der Waals surface area contributed by atoms with E-state index in [2.05, 4.69) is 15.9 Å². The van der Waals surface area contributed by atoms with Crippen molar-refractivity contribution >= 4 is 31.9 Å². The summed E-state index contributed by atoms with van der Waals surface area (Å²) in [4.78, 5) is 12.3. The number of carbonyl (C=O) groups excluding carboxylic acids is 1. The summed E-state index contributed by atoms with van der Waals surface area (Å²) in [6.07, 6.45) is 0.510. The van der Waals surface area contributed by atoms with E-state index in [9.17, 15) is 17.6 Å². The molecule has 6 nitrogen and oxygen atoms in total. The van der Waals surface area contributed by atoms with E-state index in [-0.39, 0.29) is 42.1 Å². The molecule has 0 N–H and O–H groups in total. The summed E-state index contributed by atoms with van der Waals surface area (Å²) in [5.41, 5.74) is 0.0785. The predicted molar refractivity (Wildman–Crippen MR) is 102 cm³/mol. The van der Waals surface area contributed by atoms with Crippen LogP contribution in [0.1, 0.15) is 18.4 Å². The number of carbonyl (C=O) groups is 1. The average molecular weight is 467 g/mol. The van der Waals surface area contributed by atoms with Crippen LogP contribution in [0.4, 0.5) is 4.39 Å². The Kier molecular flexibility index (Phi) is 6.13. The smallest absolute Gasteiger partial charge is 0.314 e. The molecule has 1 aliphatic heterocycles. The van der Waals surface area contributed by atoms with Crippen LogP contribution in [0.15, 0.2) is 51.8 Å². The third kappa shape index (κ3) is 4.24. The molecular weight excluding hydrogens is 451 g/mol. The van der Waals surface area contributed by atoms with Crippen LogP contribution in [0.5, 0.6) is 5.75 Å². The number of esters is 1. The Morgan fingerprint density at radius 1 is 1.21 bits per heavy atom. The second-order valence-electron chi connectivity index (χ2n) is 6.28. The number of hydrogen-bond acceptors (Lipinski definition) is 5. The third-order valence-corrected chi connectivity index (χ3v) is 6.97. The minimum Gasteiger partial charge on any atom is -0.423 e. The molecule has 0 atom stereocenters. The first-order valence-corrected chi connectivity index (χ1v) is 10.7. The summed E-state index contributed by atoms with van der Waals surface area (Å²) in [6, 6.07) is 12.0. The fraction of sp³-hybridized carbons (Fsp3) is 0.263. The van der Waals surface area contributed by atoms with Gasteiger partial charge in [0, 0.05) is 17.6 Å². The maximum atomic E-state index is 13.8. The van der Waals surface area contributed by atoms with Gasteiger partial charge in [0.15, 0.2) is 11.6 Å². The van der Waals surface area contributed by atoms with E-state index >= 15 is 0 Å². The van der Waals surface area contributed by atoms with E-state index in [1.54, 1.807) is 18.2 Å². The summed E-state index contributed by atoms with van der Waals surface area (Å²) in [5.74, 6) is -1.93. The predicted octanol–water partition coefficient (Wildman–Crippen LogP) is 3.47. The van der Waals surface area contributed by atoms with Gasteiger partial charge in [-0.2, -0.15) is 9.57 Å². The molecule has 1 saturated heterocycles. The molecule has 3 rings (SSSR count). The van der Waals surface area contributed by atoms with E-state index in [0.717, 1.165) is 0 Å². The van der Waals surface area contributed by atoms with Crippen molar-refractivity contribution in [1.29, 1.82) is 5.26 Å². The second-order valence-corrected chi connectivity index (χ2v) is 9.10. The molecule has 1 aliphatic rings. The number of nitrogens with zero attached hydrogens (tertiary/aromatic N) is 2. The number of benzene rings is 2. The minimum atomic E-state index is -3.83. The van der Waals surface area contributed by atoms with E-state index in [1.807, 2.05) is 6.07 Å². The Balaban J connectivity index is 1.67. The fourth-order valence-corrected chi connectivity index (χ4v) is 4.95. The Labute approximate surface area is 170 Å². The number of ether oxygens (including phenoxy) is 1. The first-order chi connectivity index (χ1) is 13.3. The van der Waals surface area contributed by atoms with Gasteiger partial charge in [-0.25, -0.2) is 12.8 Å². The molecule has 146 valence electrons. The van der Waals surface area contributed by atoms with E-state index in [4.69, 9.17) is 10.00 Å². The van der Waals surface area contributed by atoms with Crippen molar-refractivity contribution in [1.82, 2.24) is 4.31 Å². The lowest BCUT2D eigenvalue weighted by Gasteiger charge is -2.30. The zero-order valence-electron chi connectivity index (χ0n) is 14.6. The highest BCUT2D eigenvalue weighted by Crippen LogP contribution is 2.28. The molecular formula is C19H16BrFN2O4S. The van der Waals surface area contributed by atoms with Crippen LogP contribution >= 0.6 is 15.9 Å². The van der Waals surface area contributed by atoms with Gasteiger partial charge in [0.1, 0.15) is 6.07 Å². The van der Waals surface area contributed by atoms with Crippen molar-refractivity contribution in [2.75, 3.05) is 13.1 Å². The third-order valence-electron chi connectivity index (χ3n) is 4.52. The molecule has 2 aromatic rings. The summed E-state index contributed by atoms with van der Waals surface area (Å²) >= 11 is 3.13. The van der Waals surface area contributed by atoms with Crippen LogP contribution in [-0.2, 0) is 14.8 Å².